The van der Waals surface area contributed by atoms with E-state index in [1.165, 1.54) is 0 Å². The molecule has 1 aliphatic heterocycles. The van der Waals surface area contributed by atoms with Gasteiger partial charge in [0.1, 0.15) is 5.75 Å². The number of nitrogens with one attached hydrogen (secondary N) is 2. The Hall–Kier alpha value is -3.80. The molecule has 3 amide bonds. The summed E-state index contributed by atoms with van der Waals surface area (Å²) in [6.07, 6.45) is 0.0633. The van der Waals surface area contributed by atoms with E-state index in [9.17, 15) is 9.59 Å². The Bertz CT molecular complexity index is 1050. The second-order valence-corrected chi connectivity index (χ2v) is 7.46. The van der Waals surface area contributed by atoms with Crippen molar-refractivity contribution in [1.29, 1.82) is 0 Å². The van der Waals surface area contributed by atoms with Gasteiger partial charge in [-0.3, -0.25) is 4.79 Å². The summed E-state index contributed by atoms with van der Waals surface area (Å²) in [7, 11) is 0. The molecule has 4 rings (SSSR count). The van der Waals surface area contributed by atoms with Crippen molar-refractivity contribution < 1.29 is 14.3 Å². The molecule has 2 N–H and O–H groups in total. The third kappa shape index (κ3) is 5.04. The van der Waals surface area contributed by atoms with Crippen molar-refractivity contribution in [1.82, 2.24) is 4.90 Å². The first-order valence-electron chi connectivity index (χ1n) is 10.4. The lowest BCUT2D eigenvalue weighted by Crippen LogP contribution is -2.38. The van der Waals surface area contributed by atoms with Crippen LogP contribution >= 0.6 is 0 Å². The largest absolute Gasteiger partial charge is 0.480 e. The monoisotopic (exact) mass is 415 g/mol. The van der Waals surface area contributed by atoms with E-state index in [1.807, 2.05) is 84.6 Å². The molecule has 0 radical (unpaired) electrons. The normalized spacial score (nSPS) is 15.5. The molecule has 0 saturated heterocycles. The molecule has 0 spiro atoms. The number of hydrogen-bond donors (Lipinski definition) is 2. The summed E-state index contributed by atoms with van der Waals surface area (Å²) in [5, 5.41) is 5.65. The van der Waals surface area contributed by atoms with Crippen LogP contribution in [-0.4, -0.2) is 22.9 Å². The minimum Gasteiger partial charge on any atom is -0.480 e. The van der Waals surface area contributed by atoms with E-state index in [2.05, 4.69) is 10.6 Å². The number of benzene rings is 3. The number of para-hydroxylation sites is 1. The van der Waals surface area contributed by atoms with Crippen LogP contribution in [0.4, 0.5) is 16.2 Å². The van der Waals surface area contributed by atoms with E-state index >= 15 is 0 Å². The van der Waals surface area contributed by atoms with Gasteiger partial charge in [0, 0.05) is 30.0 Å². The second kappa shape index (κ2) is 9.34. The molecular weight excluding hydrogens is 390 g/mol. The van der Waals surface area contributed by atoms with Gasteiger partial charge in [-0.05, 0) is 42.3 Å². The van der Waals surface area contributed by atoms with Crippen molar-refractivity contribution in [2.45, 2.75) is 32.5 Å². The summed E-state index contributed by atoms with van der Waals surface area (Å²) in [6, 6.07) is 24.3. The van der Waals surface area contributed by atoms with Crippen LogP contribution in [-0.2, 0) is 17.9 Å². The van der Waals surface area contributed by atoms with Crippen LogP contribution < -0.4 is 15.4 Å². The topological polar surface area (TPSA) is 70.7 Å². The molecule has 0 fully saturated rings. The van der Waals surface area contributed by atoms with Gasteiger partial charge in [-0.2, -0.15) is 0 Å². The molecule has 1 aliphatic rings. The first kappa shape index (κ1) is 20.5. The van der Waals surface area contributed by atoms with Gasteiger partial charge in [-0.25, -0.2) is 4.79 Å². The van der Waals surface area contributed by atoms with E-state index < -0.39 is 6.10 Å². The van der Waals surface area contributed by atoms with Gasteiger partial charge in [0.2, 0.25) is 0 Å². The third-order valence-electron chi connectivity index (χ3n) is 5.15. The highest BCUT2D eigenvalue weighted by molar-refractivity contribution is 5.99. The second-order valence-electron chi connectivity index (χ2n) is 7.46. The SMILES string of the molecule is CC[C@H]1Oc2ccc(NC(=O)Nc3ccccc3)cc2CN(Cc2ccccc2)C1=O. The predicted octanol–water partition coefficient (Wildman–Crippen LogP) is 5.03. The van der Waals surface area contributed by atoms with Gasteiger partial charge in [0.15, 0.2) is 6.10 Å². The highest BCUT2D eigenvalue weighted by Crippen LogP contribution is 2.30. The zero-order chi connectivity index (χ0) is 21.6. The quantitative estimate of drug-likeness (QED) is 0.614. The van der Waals surface area contributed by atoms with E-state index in [0.29, 0.717) is 36.6 Å². The Morgan fingerprint density at radius 3 is 2.35 bits per heavy atom. The van der Waals surface area contributed by atoms with Gasteiger partial charge < -0.3 is 20.3 Å². The van der Waals surface area contributed by atoms with Crippen LogP contribution in [0.25, 0.3) is 0 Å². The molecule has 0 aromatic heterocycles. The van der Waals surface area contributed by atoms with Gasteiger partial charge in [-0.1, -0.05) is 55.5 Å². The van der Waals surface area contributed by atoms with Crippen molar-refractivity contribution in [3.05, 3.63) is 90.0 Å². The molecule has 6 heteroatoms. The average molecular weight is 415 g/mol. The Kier molecular flexibility index (Phi) is 6.17. The molecule has 158 valence electrons. The fraction of sp³-hybridized carbons (Fsp3) is 0.200. The molecule has 3 aromatic rings. The Labute approximate surface area is 181 Å². The van der Waals surface area contributed by atoms with Gasteiger partial charge >= 0.3 is 6.03 Å². The van der Waals surface area contributed by atoms with Crippen LogP contribution in [0.1, 0.15) is 24.5 Å². The molecule has 6 nitrogen and oxygen atoms in total. The highest BCUT2D eigenvalue weighted by atomic mass is 16.5. The summed E-state index contributed by atoms with van der Waals surface area (Å²) in [5.41, 5.74) is 3.27. The van der Waals surface area contributed by atoms with E-state index in [1.54, 1.807) is 6.07 Å². The zero-order valence-corrected chi connectivity index (χ0v) is 17.4. The number of urea groups is 1. The van der Waals surface area contributed by atoms with Crippen LogP contribution in [0.5, 0.6) is 5.75 Å². The molecule has 0 saturated carbocycles. The molecule has 31 heavy (non-hydrogen) atoms. The van der Waals surface area contributed by atoms with Crippen molar-refractivity contribution in [3.8, 4) is 5.75 Å². The minimum atomic E-state index is -0.523. The van der Waals surface area contributed by atoms with E-state index in [4.69, 9.17) is 4.74 Å². The fourth-order valence-electron chi connectivity index (χ4n) is 3.60. The molecule has 0 unspecified atom stereocenters. The van der Waals surface area contributed by atoms with Gasteiger partial charge in [0.25, 0.3) is 5.91 Å². The van der Waals surface area contributed by atoms with Crippen LogP contribution in [0.2, 0.25) is 0 Å². The molecule has 1 heterocycles. The summed E-state index contributed by atoms with van der Waals surface area (Å²) in [6.45, 7) is 2.86. The standard InChI is InChI=1S/C25H25N3O3/c1-2-22-24(29)28(16-18-9-5-3-6-10-18)17-19-15-21(13-14-23(19)31-22)27-25(30)26-20-11-7-4-8-12-20/h3-15,22H,2,16-17H2,1H3,(H2,26,27,30)/t22-/m1/s1. The Balaban J connectivity index is 1.53. The van der Waals surface area contributed by atoms with E-state index in [0.717, 1.165) is 11.1 Å². The number of hydrogen-bond acceptors (Lipinski definition) is 3. The summed E-state index contributed by atoms with van der Waals surface area (Å²) < 4.78 is 6.02. The van der Waals surface area contributed by atoms with Crippen molar-refractivity contribution in [2.75, 3.05) is 10.6 Å². The Morgan fingerprint density at radius 2 is 1.65 bits per heavy atom. The smallest absolute Gasteiger partial charge is 0.323 e. The average Bonchev–Trinajstić information content (AvgIpc) is 2.91. The number of fused-ring (bicyclic) bond motifs is 1. The lowest BCUT2D eigenvalue weighted by atomic mass is 10.1. The van der Waals surface area contributed by atoms with E-state index in [-0.39, 0.29) is 11.9 Å². The fourth-order valence-corrected chi connectivity index (χ4v) is 3.60. The lowest BCUT2D eigenvalue weighted by molar-refractivity contribution is -0.139. The number of carbonyl (C=O) groups is 2. The molecule has 1 atom stereocenters. The number of anilines is 2. The number of amides is 3. The predicted molar refractivity (Wildman–Crippen MR) is 121 cm³/mol. The maximum atomic E-state index is 13.0. The number of nitrogens with zero attached hydrogens (tertiary/aromatic N) is 1. The summed E-state index contributed by atoms with van der Waals surface area (Å²) in [5.74, 6) is 0.642. The molecular formula is C25H25N3O3. The van der Waals surface area contributed by atoms with Crippen molar-refractivity contribution in [3.63, 3.8) is 0 Å². The minimum absolute atomic E-state index is 0.0288. The maximum absolute atomic E-state index is 13.0. The van der Waals surface area contributed by atoms with Gasteiger partial charge in [-0.15, -0.1) is 0 Å². The van der Waals surface area contributed by atoms with Crippen LogP contribution in [0.15, 0.2) is 78.9 Å². The number of ether oxygens (including phenoxy) is 1. The Morgan fingerprint density at radius 1 is 0.968 bits per heavy atom. The zero-order valence-electron chi connectivity index (χ0n) is 17.4. The maximum Gasteiger partial charge on any atom is 0.323 e. The van der Waals surface area contributed by atoms with Crippen molar-refractivity contribution >= 4 is 23.3 Å². The number of carbonyl (C=O) groups excluding carboxylic acids is 2. The first-order valence-corrected chi connectivity index (χ1v) is 10.4. The third-order valence-corrected chi connectivity index (χ3v) is 5.15. The van der Waals surface area contributed by atoms with Crippen LogP contribution in [0, 0.1) is 0 Å². The van der Waals surface area contributed by atoms with Crippen molar-refractivity contribution in [2.24, 2.45) is 0 Å². The van der Waals surface area contributed by atoms with Gasteiger partial charge in [0.05, 0.1) is 0 Å². The van der Waals surface area contributed by atoms with Crippen LogP contribution in [0.3, 0.4) is 0 Å². The number of rotatable bonds is 5. The molecule has 0 bridgehead atoms. The highest BCUT2D eigenvalue weighted by Gasteiger charge is 2.30. The molecule has 0 aliphatic carbocycles. The first-order chi connectivity index (χ1) is 15.1. The summed E-state index contributed by atoms with van der Waals surface area (Å²) >= 11 is 0. The summed E-state index contributed by atoms with van der Waals surface area (Å²) in [4.78, 5) is 27.2. The molecule has 3 aromatic carbocycles. The lowest BCUT2D eigenvalue weighted by Gasteiger charge is -2.23.